The van der Waals surface area contributed by atoms with Gasteiger partial charge in [0.15, 0.2) is 0 Å². The first-order valence-corrected chi connectivity index (χ1v) is 13.4. The Bertz CT molecular complexity index is 733. The molecule has 4 aliphatic carbocycles. The highest BCUT2D eigenvalue weighted by molar-refractivity contribution is 5.75. The van der Waals surface area contributed by atoms with Gasteiger partial charge in [0.1, 0.15) is 11.9 Å². The van der Waals surface area contributed by atoms with Crippen LogP contribution in [0.3, 0.4) is 0 Å². The predicted octanol–water partition coefficient (Wildman–Crippen LogP) is 5.80. The number of esters is 1. The van der Waals surface area contributed by atoms with E-state index in [1.54, 1.807) is 6.92 Å². The number of carbonyl (C=O) groups is 2. The first kappa shape index (κ1) is 24.2. The van der Waals surface area contributed by atoms with Gasteiger partial charge in [-0.1, -0.05) is 34.1 Å². The van der Waals surface area contributed by atoms with Crippen molar-refractivity contribution in [2.24, 2.45) is 52.3 Å². The third kappa shape index (κ3) is 3.77. The van der Waals surface area contributed by atoms with E-state index in [0.29, 0.717) is 47.7 Å². The number of aliphatic hydroxyl groups is 1. The van der Waals surface area contributed by atoms with Crippen molar-refractivity contribution in [3.8, 4) is 0 Å². The standard InChI is InChI=1S/C28H46O4/c1-7-20-24-15-19(32-18(4)30)10-12-28(24,6)23-11-13-27(5)21(16(2)14-17(3)29)8-9-22(27)25(23)26(20)31/h16,19-26,31H,7-15H2,1-6H3/t16-,19-,20-,21-,22+,23+,24+,25+,26-,27-,28-/m1/s1. The van der Waals surface area contributed by atoms with Crippen molar-refractivity contribution in [2.75, 3.05) is 0 Å². The molecule has 0 heterocycles. The van der Waals surface area contributed by atoms with E-state index in [2.05, 4.69) is 27.7 Å². The van der Waals surface area contributed by atoms with Gasteiger partial charge in [-0.15, -0.1) is 0 Å². The van der Waals surface area contributed by atoms with Crippen molar-refractivity contribution in [3.05, 3.63) is 0 Å². The molecular formula is C28H46O4. The Morgan fingerprint density at radius 2 is 1.66 bits per heavy atom. The molecule has 0 spiro atoms. The van der Waals surface area contributed by atoms with Crippen molar-refractivity contribution in [1.82, 2.24) is 0 Å². The summed E-state index contributed by atoms with van der Waals surface area (Å²) in [5.41, 5.74) is 0.471. The number of rotatable bonds is 5. The van der Waals surface area contributed by atoms with E-state index in [0.717, 1.165) is 25.7 Å². The zero-order chi connectivity index (χ0) is 23.4. The van der Waals surface area contributed by atoms with Gasteiger partial charge >= 0.3 is 5.97 Å². The first-order valence-electron chi connectivity index (χ1n) is 13.4. The Hall–Kier alpha value is -0.900. The predicted molar refractivity (Wildman–Crippen MR) is 126 cm³/mol. The molecule has 4 fully saturated rings. The van der Waals surface area contributed by atoms with E-state index in [4.69, 9.17) is 4.74 Å². The van der Waals surface area contributed by atoms with Crippen molar-refractivity contribution in [2.45, 2.75) is 112 Å². The lowest BCUT2D eigenvalue weighted by Gasteiger charge is -2.64. The minimum atomic E-state index is -0.259. The largest absolute Gasteiger partial charge is 0.463 e. The molecule has 11 atom stereocenters. The molecule has 0 bridgehead atoms. The molecule has 1 N–H and O–H groups in total. The van der Waals surface area contributed by atoms with Crippen LogP contribution >= 0.6 is 0 Å². The van der Waals surface area contributed by atoms with Gasteiger partial charge in [-0.2, -0.15) is 0 Å². The van der Waals surface area contributed by atoms with Gasteiger partial charge in [-0.05, 0) is 104 Å². The molecule has 4 heteroatoms. The second-order valence-corrected chi connectivity index (χ2v) is 12.6. The maximum absolute atomic E-state index is 11.9. The topological polar surface area (TPSA) is 63.6 Å². The van der Waals surface area contributed by atoms with E-state index in [1.165, 1.54) is 32.6 Å². The average Bonchev–Trinajstić information content (AvgIpc) is 3.05. The third-order valence-electron chi connectivity index (χ3n) is 11.1. The monoisotopic (exact) mass is 446 g/mol. The lowest BCUT2D eigenvalue weighted by atomic mass is 9.41. The molecule has 4 saturated carbocycles. The van der Waals surface area contributed by atoms with Crippen molar-refractivity contribution in [3.63, 3.8) is 0 Å². The number of ketones is 1. The highest BCUT2D eigenvalue weighted by atomic mass is 16.5. The van der Waals surface area contributed by atoms with Gasteiger partial charge in [0.05, 0.1) is 6.10 Å². The lowest BCUT2D eigenvalue weighted by molar-refractivity contribution is -0.207. The number of fused-ring (bicyclic) bond motifs is 5. The van der Waals surface area contributed by atoms with Crippen LogP contribution in [0.2, 0.25) is 0 Å². The number of Topliss-reactive ketones (excluding diaryl/α,β-unsaturated/α-hetero) is 1. The highest BCUT2D eigenvalue weighted by Gasteiger charge is 2.65. The molecule has 4 aliphatic rings. The van der Waals surface area contributed by atoms with Crippen LogP contribution in [0.5, 0.6) is 0 Å². The summed E-state index contributed by atoms with van der Waals surface area (Å²) in [7, 11) is 0. The molecule has 0 unspecified atom stereocenters. The van der Waals surface area contributed by atoms with Crippen LogP contribution in [-0.4, -0.2) is 29.1 Å². The quantitative estimate of drug-likeness (QED) is 0.542. The Morgan fingerprint density at radius 3 is 2.28 bits per heavy atom. The molecule has 0 aliphatic heterocycles. The maximum atomic E-state index is 11.9. The van der Waals surface area contributed by atoms with Crippen LogP contribution in [-0.2, 0) is 14.3 Å². The van der Waals surface area contributed by atoms with Gasteiger partial charge in [0.25, 0.3) is 0 Å². The Balaban J connectivity index is 1.62. The Labute approximate surface area is 195 Å². The first-order chi connectivity index (χ1) is 15.0. The van der Waals surface area contributed by atoms with Gasteiger partial charge in [-0.25, -0.2) is 0 Å². The minimum absolute atomic E-state index is 0.0144. The summed E-state index contributed by atoms with van der Waals surface area (Å²) in [5, 5.41) is 11.9. The van der Waals surface area contributed by atoms with Crippen molar-refractivity contribution in [1.29, 1.82) is 0 Å². The van der Waals surface area contributed by atoms with Gasteiger partial charge in [-0.3, -0.25) is 4.79 Å². The summed E-state index contributed by atoms with van der Waals surface area (Å²) < 4.78 is 5.66. The molecule has 0 saturated heterocycles. The third-order valence-corrected chi connectivity index (χ3v) is 11.1. The fraction of sp³-hybridized carbons (Fsp3) is 0.929. The van der Waals surface area contributed by atoms with Crippen LogP contribution < -0.4 is 0 Å². The zero-order valence-electron chi connectivity index (χ0n) is 21.2. The van der Waals surface area contributed by atoms with E-state index in [9.17, 15) is 14.7 Å². The Morgan fingerprint density at radius 1 is 1.00 bits per heavy atom. The van der Waals surface area contributed by atoms with Gasteiger partial charge < -0.3 is 14.6 Å². The normalized spacial score (nSPS) is 48.8. The summed E-state index contributed by atoms with van der Waals surface area (Å²) in [6.45, 7) is 12.8. The summed E-state index contributed by atoms with van der Waals surface area (Å²) in [4.78, 5) is 23.5. The molecular weight excluding hydrogens is 400 g/mol. The maximum Gasteiger partial charge on any atom is 0.302 e. The molecule has 182 valence electrons. The summed E-state index contributed by atoms with van der Waals surface area (Å²) >= 11 is 0. The molecule has 0 aromatic rings. The fourth-order valence-electron chi connectivity index (χ4n) is 9.85. The number of hydrogen-bond acceptors (Lipinski definition) is 4. The van der Waals surface area contributed by atoms with Crippen molar-refractivity contribution < 1.29 is 19.4 Å². The van der Waals surface area contributed by atoms with Crippen LogP contribution in [0.25, 0.3) is 0 Å². The van der Waals surface area contributed by atoms with Crippen molar-refractivity contribution >= 4 is 11.8 Å². The van der Waals surface area contributed by atoms with Gasteiger partial charge in [0.2, 0.25) is 0 Å². The SMILES string of the molecule is CC[C@H]1[C@@H](O)[C@@H]2[C@H](CC[C@]3(C)[C@@H]([C@H](C)CC(C)=O)CC[C@@H]23)[C@@]2(C)CC[C@@H](OC(C)=O)C[C@@H]12. The zero-order valence-corrected chi connectivity index (χ0v) is 21.2. The fourth-order valence-corrected chi connectivity index (χ4v) is 9.85. The molecule has 0 radical (unpaired) electrons. The summed E-state index contributed by atoms with van der Waals surface area (Å²) in [6, 6.07) is 0. The van der Waals surface area contributed by atoms with Crippen LogP contribution in [0.1, 0.15) is 99.3 Å². The number of carbonyl (C=O) groups excluding carboxylic acids is 2. The second kappa shape index (κ2) is 8.71. The van der Waals surface area contributed by atoms with E-state index >= 15 is 0 Å². The molecule has 0 amide bonds. The molecule has 32 heavy (non-hydrogen) atoms. The number of ether oxygens (including phenoxy) is 1. The number of aliphatic hydroxyl groups excluding tert-OH is 1. The van der Waals surface area contributed by atoms with Crippen LogP contribution in [0.4, 0.5) is 0 Å². The van der Waals surface area contributed by atoms with E-state index in [1.807, 2.05) is 0 Å². The van der Waals surface area contributed by atoms with E-state index < -0.39 is 0 Å². The molecule has 0 aromatic carbocycles. The summed E-state index contributed by atoms with van der Waals surface area (Å²) in [6.07, 6.45) is 9.25. The average molecular weight is 447 g/mol. The second-order valence-electron chi connectivity index (χ2n) is 12.6. The number of hydrogen-bond donors (Lipinski definition) is 1. The van der Waals surface area contributed by atoms with Crippen LogP contribution in [0.15, 0.2) is 0 Å². The van der Waals surface area contributed by atoms with Gasteiger partial charge in [0, 0.05) is 13.3 Å². The highest BCUT2D eigenvalue weighted by Crippen LogP contribution is 2.69. The van der Waals surface area contributed by atoms with E-state index in [-0.39, 0.29) is 34.9 Å². The minimum Gasteiger partial charge on any atom is -0.463 e. The molecule has 4 nitrogen and oxygen atoms in total. The lowest BCUT2D eigenvalue weighted by Crippen LogP contribution is -2.62. The molecule has 4 rings (SSSR count). The van der Waals surface area contributed by atoms with Crippen LogP contribution in [0, 0.1) is 52.3 Å². The smallest absolute Gasteiger partial charge is 0.302 e. The Kier molecular flexibility index (Phi) is 6.59. The summed E-state index contributed by atoms with van der Waals surface area (Å²) in [5.74, 6) is 3.37. The molecule has 0 aromatic heterocycles.